The first-order valence-corrected chi connectivity index (χ1v) is 3.18. The smallest absolute Gasteiger partial charge is 0.123 e. The fourth-order valence-electron chi connectivity index (χ4n) is 0.771. The molecule has 0 unspecified atom stereocenters. The maximum Gasteiger partial charge on any atom is 0.123 e. The Morgan fingerprint density at radius 2 is 2.27 bits per heavy atom. The van der Waals surface area contributed by atoms with Crippen molar-refractivity contribution in [3.8, 4) is 0 Å². The second-order valence-electron chi connectivity index (χ2n) is 2.20. The van der Waals surface area contributed by atoms with Crippen molar-refractivity contribution >= 4 is 5.71 Å². The molecule has 0 aliphatic heterocycles. The summed E-state index contributed by atoms with van der Waals surface area (Å²) in [6.07, 6.45) is 0. The van der Waals surface area contributed by atoms with Gasteiger partial charge in [0.2, 0.25) is 0 Å². The Morgan fingerprint density at radius 1 is 1.55 bits per heavy atom. The molecular weight excluding hydrogens is 145 g/mol. The number of rotatable bonds is 1. The minimum absolute atomic E-state index is 0.328. The van der Waals surface area contributed by atoms with Crippen LogP contribution in [0.2, 0.25) is 0 Å². The number of oxime groups is 1. The monoisotopic (exact) mass is 153 g/mol. The molecule has 0 aliphatic carbocycles. The van der Waals surface area contributed by atoms with Crippen LogP contribution in [0.15, 0.2) is 29.4 Å². The van der Waals surface area contributed by atoms with E-state index in [1.54, 1.807) is 19.1 Å². The first-order chi connectivity index (χ1) is 5.24. The molecule has 0 spiro atoms. The average molecular weight is 153 g/mol. The third-order valence-electron chi connectivity index (χ3n) is 1.39. The minimum Gasteiger partial charge on any atom is -0.411 e. The van der Waals surface area contributed by atoms with Gasteiger partial charge in [0, 0.05) is 5.56 Å². The predicted molar refractivity (Wildman–Crippen MR) is 40.4 cm³/mol. The van der Waals surface area contributed by atoms with Gasteiger partial charge in [0.1, 0.15) is 5.82 Å². The molecule has 11 heavy (non-hydrogen) atoms. The van der Waals surface area contributed by atoms with Gasteiger partial charge in [0.05, 0.1) is 5.71 Å². The zero-order valence-corrected chi connectivity index (χ0v) is 6.08. The highest BCUT2D eigenvalue weighted by molar-refractivity contribution is 5.98. The molecule has 0 bridgehead atoms. The van der Waals surface area contributed by atoms with Gasteiger partial charge in [-0.25, -0.2) is 4.39 Å². The number of benzene rings is 1. The summed E-state index contributed by atoms with van der Waals surface area (Å²) in [7, 11) is 0. The topological polar surface area (TPSA) is 32.6 Å². The van der Waals surface area contributed by atoms with E-state index in [9.17, 15) is 4.39 Å². The van der Waals surface area contributed by atoms with E-state index in [-0.39, 0.29) is 5.82 Å². The molecule has 2 nitrogen and oxygen atoms in total. The summed E-state index contributed by atoms with van der Waals surface area (Å²) in [6, 6.07) is 5.90. The number of halogens is 1. The van der Waals surface area contributed by atoms with Crippen molar-refractivity contribution in [2.45, 2.75) is 6.92 Å². The van der Waals surface area contributed by atoms with Crippen LogP contribution in [0.25, 0.3) is 0 Å². The van der Waals surface area contributed by atoms with Gasteiger partial charge < -0.3 is 5.21 Å². The predicted octanol–water partition coefficient (Wildman–Crippen LogP) is 2.02. The quantitative estimate of drug-likeness (QED) is 0.373. The Morgan fingerprint density at radius 3 is 2.82 bits per heavy atom. The SMILES string of the molecule is C/C(=N/O)c1cccc(F)c1. The van der Waals surface area contributed by atoms with Gasteiger partial charge in [0.15, 0.2) is 0 Å². The van der Waals surface area contributed by atoms with E-state index >= 15 is 0 Å². The number of nitrogens with zero attached hydrogens (tertiary/aromatic N) is 1. The molecule has 0 saturated carbocycles. The Balaban J connectivity index is 3.06. The molecule has 0 atom stereocenters. The average Bonchev–Trinajstić information content (AvgIpc) is 2.03. The van der Waals surface area contributed by atoms with Crippen molar-refractivity contribution in [1.82, 2.24) is 0 Å². The van der Waals surface area contributed by atoms with Crippen LogP contribution in [-0.4, -0.2) is 10.9 Å². The van der Waals surface area contributed by atoms with Crippen LogP contribution in [0.5, 0.6) is 0 Å². The van der Waals surface area contributed by atoms with Crippen molar-refractivity contribution in [2.75, 3.05) is 0 Å². The molecule has 0 amide bonds. The summed E-state index contributed by atoms with van der Waals surface area (Å²) in [5.74, 6) is -0.328. The lowest BCUT2D eigenvalue weighted by Crippen LogP contribution is -1.94. The lowest BCUT2D eigenvalue weighted by atomic mass is 10.1. The summed E-state index contributed by atoms with van der Waals surface area (Å²) >= 11 is 0. The van der Waals surface area contributed by atoms with Gasteiger partial charge in [0.25, 0.3) is 0 Å². The third kappa shape index (κ3) is 1.77. The Kier molecular flexibility index (Phi) is 2.21. The maximum absolute atomic E-state index is 12.5. The highest BCUT2D eigenvalue weighted by Gasteiger charge is 1.97. The van der Waals surface area contributed by atoms with Crippen LogP contribution in [0.4, 0.5) is 4.39 Å². The third-order valence-corrected chi connectivity index (χ3v) is 1.39. The number of hydrogen-bond acceptors (Lipinski definition) is 2. The molecular formula is C8H8FNO. The summed E-state index contributed by atoms with van der Waals surface area (Å²) in [4.78, 5) is 0. The van der Waals surface area contributed by atoms with E-state index in [1.165, 1.54) is 12.1 Å². The normalized spacial score (nSPS) is 11.6. The molecule has 0 fully saturated rings. The van der Waals surface area contributed by atoms with Gasteiger partial charge in [-0.15, -0.1) is 0 Å². The first-order valence-electron chi connectivity index (χ1n) is 3.18. The maximum atomic E-state index is 12.5. The molecule has 1 rings (SSSR count). The van der Waals surface area contributed by atoms with Crippen molar-refractivity contribution in [3.63, 3.8) is 0 Å². The van der Waals surface area contributed by atoms with Crippen LogP contribution in [0, 0.1) is 5.82 Å². The second kappa shape index (κ2) is 3.14. The van der Waals surface area contributed by atoms with Crippen LogP contribution in [0.3, 0.4) is 0 Å². The van der Waals surface area contributed by atoms with Crippen LogP contribution in [0.1, 0.15) is 12.5 Å². The molecule has 58 valence electrons. The highest BCUT2D eigenvalue weighted by Crippen LogP contribution is 2.04. The van der Waals surface area contributed by atoms with Crippen LogP contribution < -0.4 is 0 Å². The second-order valence-corrected chi connectivity index (χ2v) is 2.20. The summed E-state index contributed by atoms with van der Waals surface area (Å²) in [5, 5.41) is 11.3. The van der Waals surface area contributed by atoms with Gasteiger partial charge in [-0.1, -0.05) is 17.3 Å². The first kappa shape index (κ1) is 7.72. The van der Waals surface area contributed by atoms with Crippen molar-refractivity contribution < 1.29 is 9.60 Å². The number of hydrogen-bond donors (Lipinski definition) is 1. The Labute approximate surface area is 64.0 Å². The fourth-order valence-corrected chi connectivity index (χ4v) is 0.771. The molecule has 0 radical (unpaired) electrons. The molecule has 3 heteroatoms. The molecule has 1 aromatic rings. The summed E-state index contributed by atoms with van der Waals surface area (Å²) < 4.78 is 12.5. The zero-order valence-electron chi connectivity index (χ0n) is 6.08. The molecule has 0 saturated heterocycles. The van der Waals surface area contributed by atoms with Gasteiger partial charge in [-0.3, -0.25) is 0 Å². The van der Waals surface area contributed by atoms with Crippen molar-refractivity contribution in [2.24, 2.45) is 5.16 Å². The molecule has 1 aromatic carbocycles. The van der Waals surface area contributed by atoms with Gasteiger partial charge >= 0.3 is 0 Å². The zero-order chi connectivity index (χ0) is 8.27. The van der Waals surface area contributed by atoms with Crippen LogP contribution >= 0.6 is 0 Å². The van der Waals surface area contributed by atoms with Crippen LogP contribution in [-0.2, 0) is 0 Å². The van der Waals surface area contributed by atoms with E-state index in [2.05, 4.69) is 5.16 Å². The van der Waals surface area contributed by atoms with Gasteiger partial charge in [-0.2, -0.15) is 0 Å². The fraction of sp³-hybridized carbons (Fsp3) is 0.125. The van der Waals surface area contributed by atoms with E-state index < -0.39 is 0 Å². The molecule has 1 N–H and O–H groups in total. The van der Waals surface area contributed by atoms with Crippen molar-refractivity contribution in [3.05, 3.63) is 35.6 Å². The molecule has 0 heterocycles. The van der Waals surface area contributed by atoms with Crippen molar-refractivity contribution in [1.29, 1.82) is 0 Å². The molecule has 0 aliphatic rings. The highest BCUT2D eigenvalue weighted by atomic mass is 19.1. The Bertz CT molecular complexity index is 283. The lowest BCUT2D eigenvalue weighted by Gasteiger charge is -1.96. The minimum atomic E-state index is -0.328. The van der Waals surface area contributed by atoms with E-state index in [4.69, 9.17) is 5.21 Å². The largest absolute Gasteiger partial charge is 0.411 e. The summed E-state index contributed by atoms with van der Waals surface area (Å²) in [5.41, 5.74) is 0.997. The van der Waals surface area contributed by atoms with E-state index in [1.807, 2.05) is 0 Å². The standard InChI is InChI=1S/C8H8FNO/c1-6(10-11)7-3-2-4-8(9)5-7/h2-5,11H,1H3/b10-6-. The van der Waals surface area contributed by atoms with E-state index in [0.717, 1.165) is 0 Å². The Hall–Kier alpha value is -1.38. The van der Waals surface area contributed by atoms with Gasteiger partial charge in [-0.05, 0) is 19.1 Å². The molecule has 0 aromatic heterocycles. The van der Waals surface area contributed by atoms with E-state index in [0.29, 0.717) is 11.3 Å². The summed E-state index contributed by atoms with van der Waals surface area (Å²) in [6.45, 7) is 1.61. The lowest BCUT2D eigenvalue weighted by molar-refractivity contribution is 0.319.